The summed E-state index contributed by atoms with van der Waals surface area (Å²) < 4.78 is 17.3. The van der Waals surface area contributed by atoms with E-state index < -0.39 is 0 Å². The fourth-order valence-corrected chi connectivity index (χ4v) is 3.74. The topological polar surface area (TPSA) is 51.2 Å². The number of carbonyl (C=O) groups is 1. The predicted octanol–water partition coefficient (Wildman–Crippen LogP) is 0.670. The first kappa shape index (κ1) is 16.9. The Morgan fingerprint density at radius 1 is 1.22 bits per heavy atom. The van der Waals surface area contributed by atoms with Crippen LogP contribution >= 0.6 is 0 Å². The molecule has 0 aromatic rings. The first-order valence-electron chi connectivity index (χ1n) is 8.74. The van der Waals surface area contributed by atoms with Gasteiger partial charge in [0.15, 0.2) is 0 Å². The fourth-order valence-electron chi connectivity index (χ4n) is 3.74. The molecule has 130 valence electrons. The summed E-state index contributed by atoms with van der Waals surface area (Å²) in [5.41, 5.74) is 0. The average molecular weight is 324 g/mol. The van der Waals surface area contributed by atoms with E-state index in [9.17, 15) is 4.79 Å². The number of fused-ring (bicyclic) bond motifs is 1. The van der Waals surface area contributed by atoms with Crippen molar-refractivity contribution >= 4 is 5.91 Å². The van der Waals surface area contributed by atoms with Crippen molar-refractivity contribution < 1.29 is 19.0 Å². The maximum atomic E-state index is 11.8. The largest absolute Gasteiger partial charge is 0.379 e. The van der Waals surface area contributed by atoms with Crippen LogP contribution in [0.15, 0.2) is 12.7 Å². The highest BCUT2D eigenvalue weighted by molar-refractivity contribution is 5.87. The molecule has 0 N–H and O–H groups in total. The molecule has 0 saturated carbocycles. The lowest BCUT2D eigenvalue weighted by Gasteiger charge is -2.35. The lowest BCUT2D eigenvalue weighted by molar-refractivity contribution is -0.134. The van der Waals surface area contributed by atoms with Gasteiger partial charge in [0, 0.05) is 26.2 Å². The van der Waals surface area contributed by atoms with Crippen molar-refractivity contribution in [1.82, 2.24) is 9.80 Å². The SMILES string of the molecule is C=CC(=O)N1CC[C@@H]2O[C@@H](COCCN3CCOCC3)CC[C@@H]21. The van der Waals surface area contributed by atoms with E-state index in [1.165, 1.54) is 6.08 Å². The molecule has 3 aliphatic rings. The highest BCUT2D eigenvalue weighted by Gasteiger charge is 2.41. The highest BCUT2D eigenvalue weighted by atomic mass is 16.5. The van der Waals surface area contributed by atoms with Crippen LogP contribution in [0, 0.1) is 0 Å². The van der Waals surface area contributed by atoms with E-state index in [2.05, 4.69) is 11.5 Å². The Hall–Kier alpha value is -0.950. The minimum Gasteiger partial charge on any atom is -0.379 e. The van der Waals surface area contributed by atoms with Gasteiger partial charge in [-0.25, -0.2) is 0 Å². The van der Waals surface area contributed by atoms with E-state index in [1.807, 2.05) is 4.90 Å². The van der Waals surface area contributed by atoms with Crippen molar-refractivity contribution in [1.29, 1.82) is 0 Å². The Balaban J connectivity index is 1.34. The molecule has 6 nitrogen and oxygen atoms in total. The minimum atomic E-state index is 0.0290. The lowest BCUT2D eigenvalue weighted by atomic mass is 9.99. The van der Waals surface area contributed by atoms with E-state index in [0.29, 0.717) is 6.61 Å². The van der Waals surface area contributed by atoms with Crippen LogP contribution in [0.4, 0.5) is 0 Å². The lowest BCUT2D eigenvalue weighted by Crippen LogP contribution is -2.45. The molecule has 0 aromatic heterocycles. The second kappa shape index (κ2) is 8.24. The van der Waals surface area contributed by atoms with Gasteiger partial charge in [-0.05, 0) is 25.3 Å². The number of amides is 1. The molecular weight excluding hydrogens is 296 g/mol. The molecular formula is C17H28N2O4. The third-order valence-corrected chi connectivity index (χ3v) is 5.05. The molecule has 0 bridgehead atoms. The molecule has 3 atom stereocenters. The molecule has 3 heterocycles. The quantitative estimate of drug-likeness (QED) is 0.531. The summed E-state index contributed by atoms with van der Waals surface area (Å²) in [7, 11) is 0. The summed E-state index contributed by atoms with van der Waals surface area (Å²) in [6, 6.07) is 0.227. The Morgan fingerprint density at radius 3 is 2.83 bits per heavy atom. The van der Waals surface area contributed by atoms with Crippen LogP contribution in [0.25, 0.3) is 0 Å². The van der Waals surface area contributed by atoms with E-state index in [4.69, 9.17) is 14.2 Å². The number of hydrogen-bond acceptors (Lipinski definition) is 5. The van der Waals surface area contributed by atoms with Gasteiger partial charge in [-0.1, -0.05) is 6.58 Å². The molecule has 0 unspecified atom stereocenters. The van der Waals surface area contributed by atoms with E-state index in [1.54, 1.807) is 0 Å². The Labute approximate surface area is 138 Å². The van der Waals surface area contributed by atoms with Gasteiger partial charge in [-0.2, -0.15) is 0 Å². The molecule has 0 radical (unpaired) electrons. The maximum Gasteiger partial charge on any atom is 0.246 e. The van der Waals surface area contributed by atoms with E-state index in [0.717, 1.165) is 65.3 Å². The first-order chi connectivity index (χ1) is 11.3. The van der Waals surface area contributed by atoms with Crippen molar-refractivity contribution in [2.45, 2.75) is 37.5 Å². The number of morpholine rings is 1. The molecule has 3 rings (SSSR count). The van der Waals surface area contributed by atoms with E-state index in [-0.39, 0.29) is 24.2 Å². The van der Waals surface area contributed by atoms with Crippen molar-refractivity contribution in [2.75, 3.05) is 52.6 Å². The number of ether oxygens (including phenoxy) is 3. The summed E-state index contributed by atoms with van der Waals surface area (Å²) in [5.74, 6) is 0.0290. The van der Waals surface area contributed by atoms with Gasteiger partial charge in [0.05, 0.1) is 44.7 Å². The summed E-state index contributed by atoms with van der Waals surface area (Å²) in [6.45, 7) is 10.4. The number of carbonyl (C=O) groups excluding carboxylic acids is 1. The van der Waals surface area contributed by atoms with Crippen LogP contribution in [0.1, 0.15) is 19.3 Å². The summed E-state index contributed by atoms with van der Waals surface area (Å²) in [6.07, 6.45) is 4.62. The second-order valence-electron chi connectivity index (χ2n) is 6.49. The first-order valence-corrected chi connectivity index (χ1v) is 8.74. The van der Waals surface area contributed by atoms with Crippen molar-refractivity contribution in [3.05, 3.63) is 12.7 Å². The highest BCUT2D eigenvalue weighted by Crippen LogP contribution is 2.31. The molecule has 6 heteroatoms. The Morgan fingerprint density at radius 2 is 2.04 bits per heavy atom. The predicted molar refractivity (Wildman–Crippen MR) is 86.3 cm³/mol. The fraction of sp³-hybridized carbons (Fsp3) is 0.824. The number of rotatable bonds is 6. The van der Waals surface area contributed by atoms with Crippen LogP contribution in [0.2, 0.25) is 0 Å². The maximum absolute atomic E-state index is 11.8. The molecule has 3 fully saturated rings. The van der Waals surface area contributed by atoms with Crippen LogP contribution < -0.4 is 0 Å². The molecule has 3 aliphatic heterocycles. The van der Waals surface area contributed by atoms with Gasteiger partial charge in [0.2, 0.25) is 5.91 Å². The monoisotopic (exact) mass is 324 g/mol. The smallest absolute Gasteiger partial charge is 0.246 e. The molecule has 23 heavy (non-hydrogen) atoms. The van der Waals surface area contributed by atoms with Crippen LogP contribution in [0.5, 0.6) is 0 Å². The van der Waals surface area contributed by atoms with Crippen LogP contribution in [-0.4, -0.2) is 86.6 Å². The van der Waals surface area contributed by atoms with Gasteiger partial charge >= 0.3 is 0 Å². The van der Waals surface area contributed by atoms with Gasteiger partial charge < -0.3 is 19.1 Å². The average Bonchev–Trinajstić information content (AvgIpc) is 3.02. The van der Waals surface area contributed by atoms with Crippen molar-refractivity contribution in [3.8, 4) is 0 Å². The molecule has 0 aliphatic carbocycles. The zero-order chi connectivity index (χ0) is 16.1. The number of hydrogen-bond donors (Lipinski definition) is 0. The van der Waals surface area contributed by atoms with Crippen LogP contribution in [-0.2, 0) is 19.0 Å². The Kier molecular flexibility index (Phi) is 6.05. The molecule has 0 spiro atoms. The summed E-state index contributed by atoms with van der Waals surface area (Å²) in [4.78, 5) is 16.1. The number of likely N-dealkylation sites (tertiary alicyclic amines) is 1. The number of nitrogens with zero attached hydrogens (tertiary/aromatic N) is 2. The Bertz CT molecular complexity index is 411. The van der Waals surface area contributed by atoms with Gasteiger partial charge in [0.25, 0.3) is 0 Å². The second-order valence-corrected chi connectivity index (χ2v) is 6.49. The summed E-state index contributed by atoms with van der Waals surface area (Å²) >= 11 is 0. The van der Waals surface area contributed by atoms with Crippen molar-refractivity contribution in [2.24, 2.45) is 0 Å². The normalized spacial score (nSPS) is 31.8. The standard InChI is InChI=1S/C17H28N2O4/c1-2-17(20)19-6-5-16-15(19)4-3-14(23-16)13-22-12-9-18-7-10-21-11-8-18/h2,14-16H,1,3-13H2/t14-,15+,16+/m1/s1. The van der Waals surface area contributed by atoms with Crippen molar-refractivity contribution in [3.63, 3.8) is 0 Å². The molecule has 1 amide bonds. The van der Waals surface area contributed by atoms with Crippen LogP contribution in [0.3, 0.4) is 0 Å². The third kappa shape index (κ3) is 4.32. The van der Waals surface area contributed by atoms with E-state index >= 15 is 0 Å². The zero-order valence-corrected chi connectivity index (χ0v) is 13.8. The third-order valence-electron chi connectivity index (χ3n) is 5.05. The molecule has 3 saturated heterocycles. The van der Waals surface area contributed by atoms with Gasteiger partial charge in [-0.15, -0.1) is 0 Å². The minimum absolute atomic E-state index is 0.0290. The summed E-state index contributed by atoms with van der Waals surface area (Å²) in [5, 5.41) is 0. The van der Waals surface area contributed by atoms with Gasteiger partial charge in [-0.3, -0.25) is 9.69 Å². The van der Waals surface area contributed by atoms with Gasteiger partial charge in [0.1, 0.15) is 0 Å². The molecule has 0 aromatic carbocycles. The zero-order valence-electron chi connectivity index (χ0n) is 13.8.